The van der Waals surface area contributed by atoms with Gasteiger partial charge in [0.25, 0.3) is 0 Å². The van der Waals surface area contributed by atoms with Gasteiger partial charge in [-0.15, -0.1) is 0 Å². The number of nitrogens with one attached hydrogen (secondary N) is 1. The SMILES string of the molecule is C=C(Cc1ccc(O[C@H]2O[C@@H]3OC(C)CC[C@@H]4C3[C@@H](CC[C@H]4C)[C@H]2C)cc1)NC1CCCC1. The molecule has 2 saturated heterocycles. The number of ether oxygens (including phenoxy) is 3. The van der Waals surface area contributed by atoms with E-state index in [1.165, 1.54) is 50.5 Å². The third kappa shape index (κ3) is 5.12. The summed E-state index contributed by atoms with van der Waals surface area (Å²) in [5.74, 6) is 3.85. The Kier molecular flexibility index (Phi) is 7.04. The van der Waals surface area contributed by atoms with E-state index in [2.05, 4.69) is 56.9 Å². The zero-order chi connectivity index (χ0) is 22.9. The van der Waals surface area contributed by atoms with Gasteiger partial charge in [-0.05, 0) is 74.5 Å². The first-order valence-electron chi connectivity index (χ1n) is 13.5. The highest BCUT2D eigenvalue weighted by Crippen LogP contribution is 2.52. The van der Waals surface area contributed by atoms with Crippen LogP contribution in [0.15, 0.2) is 36.5 Å². The van der Waals surface area contributed by atoms with E-state index in [-0.39, 0.29) is 18.7 Å². The van der Waals surface area contributed by atoms with Crippen LogP contribution >= 0.6 is 0 Å². The topological polar surface area (TPSA) is 39.7 Å². The fraction of sp³-hybridized carbons (Fsp3) is 0.724. The minimum atomic E-state index is -0.250. The Morgan fingerprint density at radius 2 is 1.67 bits per heavy atom. The molecule has 2 aliphatic carbocycles. The van der Waals surface area contributed by atoms with Gasteiger partial charge in [0.1, 0.15) is 5.75 Å². The van der Waals surface area contributed by atoms with Gasteiger partial charge >= 0.3 is 0 Å². The van der Waals surface area contributed by atoms with Gasteiger partial charge in [0.2, 0.25) is 6.29 Å². The molecule has 4 fully saturated rings. The van der Waals surface area contributed by atoms with Gasteiger partial charge < -0.3 is 19.5 Å². The second-order valence-electron chi connectivity index (χ2n) is 11.4. The molecular formula is C29H43NO3. The summed E-state index contributed by atoms with van der Waals surface area (Å²) in [5, 5.41) is 3.61. The van der Waals surface area contributed by atoms with Gasteiger partial charge in [-0.1, -0.05) is 51.8 Å². The summed E-state index contributed by atoms with van der Waals surface area (Å²) in [6.45, 7) is 11.2. The fourth-order valence-electron chi connectivity index (χ4n) is 7.06. The summed E-state index contributed by atoms with van der Waals surface area (Å²) in [6.07, 6.45) is 10.9. The molecule has 1 aromatic carbocycles. The summed E-state index contributed by atoms with van der Waals surface area (Å²) in [4.78, 5) is 0. The van der Waals surface area contributed by atoms with E-state index in [0.717, 1.165) is 30.2 Å². The van der Waals surface area contributed by atoms with Crippen LogP contribution in [0.25, 0.3) is 0 Å². The Morgan fingerprint density at radius 3 is 2.42 bits per heavy atom. The second kappa shape index (κ2) is 10.00. The van der Waals surface area contributed by atoms with Crippen LogP contribution in [-0.2, 0) is 15.9 Å². The van der Waals surface area contributed by atoms with Crippen molar-refractivity contribution in [3.05, 3.63) is 42.1 Å². The van der Waals surface area contributed by atoms with E-state index in [1.54, 1.807) is 0 Å². The molecule has 2 saturated carbocycles. The maximum Gasteiger partial charge on any atom is 0.205 e. The number of hydrogen-bond donors (Lipinski definition) is 1. The predicted molar refractivity (Wildman–Crippen MR) is 132 cm³/mol. The average molecular weight is 454 g/mol. The quantitative estimate of drug-likeness (QED) is 0.537. The lowest BCUT2D eigenvalue weighted by Crippen LogP contribution is -2.54. The lowest BCUT2D eigenvalue weighted by Gasteiger charge is -2.51. The highest BCUT2D eigenvalue weighted by atomic mass is 16.8. The Bertz CT molecular complexity index is 802. The second-order valence-corrected chi connectivity index (χ2v) is 11.4. The molecule has 8 atom stereocenters. The summed E-state index contributed by atoms with van der Waals surface area (Å²) in [6, 6.07) is 9.11. The van der Waals surface area contributed by atoms with Crippen LogP contribution < -0.4 is 10.1 Å². The Morgan fingerprint density at radius 1 is 0.939 bits per heavy atom. The van der Waals surface area contributed by atoms with Crippen molar-refractivity contribution in [3.63, 3.8) is 0 Å². The molecule has 0 aromatic heterocycles. The molecule has 2 unspecified atom stereocenters. The monoisotopic (exact) mass is 453 g/mol. The zero-order valence-electron chi connectivity index (χ0n) is 20.8. The van der Waals surface area contributed by atoms with Gasteiger partial charge in [-0.25, -0.2) is 0 Å². The third-order valence-electron chi connectivity index (χ3n) is 8.99. The van der Waals surface area contributed by atoms with E-state index in [0.29, 0.717) is 29.7 Å². The molecule has 2 aliphatic heterocycles. The maximum absolute atomic E-state index is 6.54. The largest absolute Gasteiger partial charge is 0.465 e. The number of hydrogen-bond acceptors (Lipinski definition) is 4. The van der Waals surface area contributed by atoms with Crippen molar-refractivity contribution in [3.8, 4) is 5.75 Å². The normalized spacial score (nSPS) is 38.9. The fourth-order valence-corrected chi connectivity index (χ4v) is 7.06. The molecule has 4 nitrogen and oxygen atoms in total. The van der Waals surface area contributed by atoms with Gasteiger partial charge in [-0.3, -0.25) is 0 Å². The van der Waals surface area contributed by atoms with E-state index in [1.807, 2.05) is 0 Å². The maximum atomic E-state index is 6.54. The summed E-state index contributed by atoms with van der Waals surface area (Å²) >= 11 is 0. The van der Waals surface area contributed by atoms with E-state index in [9.17, 15) is 0 Å². The number of benzene rings is 1. The molecule has 1 N–H and O–H groups in total. The van der Waals surface area contributed by atoms with Crippen LogP contribution in [-0.4, -0.2) is 24.7 Å². The first-order chi connectivity index (χ1) is 16.0. The van der Waals surface area contributed by atoms with Crippen molar-refractivity contribution in [2.24, 2.45) is 29.6 Å². The van der Waals surface area contributed by atoms with Crippen LogP contribution in [0.1, 0.15) is 77.7 Å². The van der Waals surface area contributed by atoms with E-state index >= 15 is 0 Å². The lowest BCUT2D eigenvalue weighted by molar-refractivity contribution is -0.315. The number of rotatable bonds is 6. The van der Waals surface area contributed by atoms with Crippen LogP contribution in [0.4, 0.5) is 0 Å². The first kappa shape index (κ1) is 23.2. The van der Waals surface area contributed by atoms with Crippen molar-refractivity contribution in [1.82, 2.24) is 5.32 Å². The van der Waals surface area contributed by atoms with E-state index in [4.69, 9.17) is 14.2 Å². The van der Waals surface area contributed by atoms with Crippen molar-refractivity contribution in [2.75, 3.05) is 0 Å². The van der Waals surface area contributed by atoms with E-state index < -0.39 is 0 Å². The predicted octanol–water partition coefficient (Wildman–Crippen LogP) is 6.45. The average Bonchev–Trinajstić information content (AvgIpc) is 3.23. The standard InChI is InChI=1S/C29H43NO3/c1-18-9-15-26-21(4)28(33-29-27(26)25(18)16-10-20(3)31-29)32-24-13-11-22(12-14-24)17-19(2)30-23-7-5-6-8-23/h11-14,18,20-21,23,25-30H,2,5-10,15-17H2,1,3-4H3/t18-,20?,21-,25+,26+,27?,28+,29+/m1/s1. The molecular weight excluding hydrogens is 410 g/mol. The molecule has 0 radical (unpaired) electrons. The molecule has 182 valence electrons. The smallest absolute Gasteiger partial charge is 0.205 e. The molecule has 0 amide bonds. The molecule has 2 heterocycles. The van der Waals surface area contributed by atoms with Crippen LogP contribution in [0.5, 0.6) is 5.75 Å². The minimum Gasteiger partial charge on any atom is -0.465 e. The Balaban J connectivity index is 1.22. The molecule has 4 heteroatoms. The Hall–Kier alpha value is -1.52. The molecule has 4 aliphatic rings. The van der Waals surface area contributed by atoms with Gasteiger partial charge in [0.05, 0.1) is 6.10 Å². The van der Waals surface area contributed by atoms with Gasteiger partial charge in [0, 0.05) is 30.0 Å². The van der Waals surface area contributed by atoms with Gasteiger partial charge in [0.15, 0.2) is 6.29 Å². The first-order valence-corrected chi connectivity index (χ1v) is 13.5. The molecule has 0 bridgehead atoms. The van der Waals surface area contributed by atoms with Crippen molar-refractivity contribution in [2.45, 2.75) is 103 Å². The lowest BCUT2D eigenvalue weighted by atomic mass is 9.61. The molecule has 33 heavy (non-hydrogen) atoms. The zero-order valence-corrected chi connectivity index (χ0v) is 20.8. The van der Waals surface area contributed by atoms with Crippen LogP contribution in [0.2, 0.25) is 0 Å². The van der Waals surface area contributed by atoms with Crippen LogP contribution in [0, 0.1) is 29.6 Å². The summed E-state index contributed by atoms with van der Waals surface area (Å²) in [5.41, 5.74) is 2.38. The highest BCUT2D eigenvalue weighted by Gasteiger charge is 2.52. The summed E-state index contributed by atoms with van der Waals surface area (Å²) < 4.78 is 19.4. The molecule has 1 aromatic rings. The minimum absolute atomic E-state index is 0.134. The highest BCUT2D eigenvalue weighted by molar-refractivity contribution is 5.29. The van der Waals surface area contributed by atoms with Crippen molar-refractivity contribution >= 4 is 0 Å². The van der Waals surface area contributed by atoms with Crippen molar-refractivity contribution in [1.29, 1.82) is 0 Å². The Labute approximate surface area is 200 Å². The number of allylic oxidation sites excluding steroid dienone is 1. The van der Waals surface area contributed by atoms with Crippen molar-refractivity contribution < 1.29 is 14.2 Å². The van der Waals surface area contributed by atoms with Crippen LogP contribution in [0.3, 0.4) is 0 Å². The third-order valence-corrected chi connectivity index (χ3v) is 8.99. The molecule has 5 rings (SSSR count). The summed E-state index contributed by atoms with van der Waals surface area (Å²) in [7, 11) is 0. The van der Waals surface area contributed by atoms with Gasteiger partial charge in [-0.2, -0.15) is 0 Å². The molecule has 0 spiro atoms.